The molecule has 1 fully saturated rings. The molecule has 0 aromatic carbocycles. The molecule has 0 saturated carbocycles. The largest absolute Gasteiger partial charge is 0.394 e. The molecule has 1 saturated heterocycles. The van der Waals surface area contributed by atoms with Crippen LogP contribution in [0.25, 0.3) is 11.2 Å². The molecule has 2 aromatic heterocycles. The van der Waals surface area contributed by atoms with E-state index in [-0.39, 0.29) is 23.7 Å². The Labute approximate surface area is 140 Å². The molecule has 0 aliphatic carbocycles. The zero-order chi connectivity index (χ0) is 18.3. The van der Waals surface area contributed by atoms with Gasteiger partial charge in [-0.2, -0.15) is 4.98 Å². The Morgan fingerprint density at radius 3 is 2.68 bits per heavy atom. The first kappa shape index (κ1) is 17.2. The van der Waals surface area contributed by atoms with Crippen molar-refractivity contribution in [2.75, 3.05) is 12.3 Å². The molecule has 3 rings (SSSR count). The van der Waals surface area contributed by atoms with E-state index in [9.17, 15) is 24.9 Å². The van der Waals surface area contributed by atoms with Gasteiger partial charge >= 0.3 is 5.69 Å². The van der Waals surface area contributed by atoms with Crippen molar-refractivity contribution in [2.24, 2.45) is 0 Å². The summed E-state index contributed by atoms with van der Waals surface area (Å²) in [5.41, 5.74) is 4.00. The summed E-state index contributed by atoms with van der Waals surface area (Å²) in [6.45, 7) is 0.943. The lowest BCUT2D eigenvalue weighted by Gasteiger charge is -2.15. The van der Waals surface area contributed by atoms with Gasteiger partial charge in [0, 0.05) is 0 Å². The topological polar surface area (TPSA) is 169 Å². The van der Waals surface area contributed by atoms with E-state index in [0.29, 0.717) is 0 Å². The first-order chi connectivity index (χ1) is 11.9. The second-order valence-corrected chi connectivity index (χ2v) is 5.52. The number of aromatic amines is 1. The van der Waals surface area contributed by atoms with Crippen molar-refractivity contribution in [1.82, 2.24) is 19.1 Å². The van der Waals surface area contributed by atoms with Gasteiger partial charge in [-0.15, -0.1) is 5.92 Å². The zero-order valence-corrected chi connectivity index (χ0v) is 13.2. The number of hydrogen-bond acceptors (Lipinski definition) is 8. The number of H-pyrrole nitrogens is 1. The Morgan fingerprint density at radius 2 is 2.08 bits per heavy atom. The summed E-state index contributed by atoms with van der Waals surface area (Å²) >= 11 is 0. The number of rotatable bonds is 3. The summed E-state index contributed by atoms with van der Waals surface area (Å²) in [6, 6.07) is 0. The lowest BCUT2D eigenvalue weighted by molar-refractivity contribution is -0.0527. The number of fused-ring (bicyclic) bond motifs is 1. The van der Waals surface area contributed by atoms with Crippen molar-refractivity contribution in [3.8, 4) is 11.8 Å². The number of nitrogen functional groups attached to an aromatic ring is 1. The molecular formula is C14H17N5O6. The van der Waals surface area contributed by atoms with Crippen LogP contribution in [-0.4, -0.2) is 59.3 Å². The van der Waals surface area contributed by atoms with Gasteiger partial charge < -0.3 is 25.8 Å². The fraction of sp³-hybridized carbons (Fsp3) is 0.500. The van der Waals surface area contributed by atoms with E-state index in [1.54, 1.807) is 6.92 Å². The van der Waals surface area contributed by atoms with E-state index in [4.69, 9.17) is 10.5 Å². The third-order valence-corrected chi connectivity index (χ3v) is 4.02. The average molecular weight is 351 g/mol. The Morgan fingerprint density at radius 1 is 1.36 bits per heavy atom. The zero-order valence-electron chi connectivity index (χ0n) is 13.2. The molecular weight excluding hydrogens is 334 g/mol. The Hall–Kier alpha value is -2.65. The maximum absolute atomic E-state index is 12.8. The van der Waals surface area contributed by atoms with Gasteiger partial charge in [0.1, 0.15) is 18.3 Å². The lowest BCUT2D eigenvalue weighted by atomic mass is 10.1. The quantitative estimate of drug-likeness (QED) is 0.367. The molecule has 25 heavy (non-hydrogen) atoms. The number of nitrogens with one attached hydrogen (secondary N) is 1. The monoisotopic (exact) mass is 351 g/mol. The Kier molecular flexibility index (Phi) is 4.36. The van der Waals surface area contributed by atoms with E-state index >= 15 is 0 Å². The maximum atomic E-state index is 12.8. The number of hydrogen-bond donors (Lipinski definition) is 5. The van der Waals surface area contributed by atoms with Crippen molar-refractivity contribution in [3.63, 3.8) is 0 Å². The van der Waals surface area contributed by atoms with Gasteiger partial charge in [0.2, 0.25) is 5.95 Å². The number of aliphatic hydroxyl groups excluding tert-OH is 3. The van der Waals surface area contributed by atoms with Crippen molar-refractivity contribution in [3.05, 3.63) is 20.8 Å². The minimum atomic E-state index is -1.51. The van der Waals surface area contributed by atoms with Crippen molar-refractivity contribution in [2.45, 2.75) is 38.0 Å². The summed E-state index contributed by atoms with van der Waals surface area (Å²) in [7, 11) is 0. The molecule has 4 atom stereocenters. The van der Waals surface area contributed by atoms with Crippen LogP contribution in [0, 0.1) is 11.8 Å². The molecule has 11 nitrogen and oxygen atoms in total. The number of imidazole rings is 1. The van der Waals surface area contributed by atoms with Crippen LogP contribution < -0.4 is 17.0 Å². The van der Waals surface area contributed by atoms with Crippen LogP contribution in [0.2, 0.25) is 0 Å². The summed E-state index contributed by atoms with van der Waals surface area (Å²) in [6.07, 6.45) is -5.34. The predicted molar refractivity (Wildman–Crippen MR) is 85.5 cm³/mol. The molecule has 0 radical (unpaired) electrons. The maximum Gasteiger partial charge on any atom is 0.333 e. The number of nitrogens with two attached hydrogens (primary N) is 1. The van der Waals surface area contributed by atoms with Gasteiger partial charge in [-0.3, -0.25) is 14.3 Å². The summed E-state index contributed by atoms with van der Waals surface area (Å²) < 4.78 is 7.39. The van der Waals surface area contributed by atoms with E-state index < -0.39 is 42.4 Å². The molecule has 3 heterocycles. The van der Waals surface area contributed by atoms with Crippen molar-refractivity contribution < 1.29 is 20.1 Å². The molecule has 2 aromatic rings. The summed E-state index contributed by atoms with van der Waals surface area (Å²) in [4.78, 5) is 31.3. The molecule has 1 aliphatic heterocycles. The van der Waals surface area contributed by atoms with E-state index in [2.05, 4.69) is 21.8 Å². The van der Waals surface area contributed by atoms with Crippen LogP contribution in [0.5, 0.6) is 0 Å². The molecule has 11 heteroatoms. The van der Waals surface area contributed by atoms with Crippen molar-refractivity contribution >= 4 is 17.1 Å². The van der Waals surface area contributed by atoms with Crippen LogP contribution in [0.15, 0.2) is 9.59 Å². The highest BCUT2D eigenvalue weighted by Crippen LogP contribution is 2.30. The highest BCUT2D eigenvalue weighted by Gasteiger charge is 2.45. The second-order valence-electron chi connectivity index (χ2n) is 5.52. The summed E-state index contributed by atoms with van der Waals surface area (Å²) in [5.74, 6) is 5.07. The van der Waals surface area contributed by atoms with Crippen molar-refractivity contribution in [1.29, 1.82) is 0 Å². The van der Waals surface area contributed by atoms with Crippen LogP contribution in [0.3, 0.4) is 0 Å². The minimum absolute atomic E-state index is 0.0810. The lowest BCUT2D eigenvalue weighted by Crippen LogP contribution is -2.36. The van der Waals surface area contributed by atoms with Crippen LogP contribution in [-0.2, 0) is 11.3 Å². The average Bonchev–Trinajstić information content (AvgIpc) is 3.00. The van der Waals surface area contributed by atoms with Gasteiger partial charge in [-0.1, -0.05) is 5.92 Å². The standard InChI is InChI=1S/C14H17N5O6/c1-2-3-4-18-7-10(16-13(15)17-11(7)23)19(14(18)24)12-9(22)8(21)6(5-20)25-12/h6,8-9,12,20-22H,4-5H2,1H3,(H3,15,16,17,23). The normalized spacial score (nSPS) is 25.9. The van der Waals surface area contributed by atoms with Gasteiger partial charge in [0.05, 0.1) is 13.2 Å². The van der Waals surface area contributed by atoms with Gasteiger partial charge in [-0.25, -0.2) is 9.36 Å². The molecule has 134 valence electrons. The highest BCUT2D eigenvalue weighted by atomic mass is 16.6. The fourth-order valence-corrected chi connectivity index (χ4v) is 2.83. The number of ether oxygens (including phenoxy) is 1. The van der Waals surface area contributed by atoms with Crippen LogP contribution in [0.1, 0.15) is 13.2 Å². The molecule has 0 spiro atoms. The highest BCUT2D eigenvalue weighted by molar-refractivity contribution is 5.72. The number of nitrogens with zero attached hydrogens (tertiary/aromatic N) is 3. The smallest absolute Gasteiger partial charge is 0.333 e. The van der Waals surface area contributed by atoms with Crippen LogP contribution in [0.4, 0.5) is 5.95 Å². The predicted octanol–water partition coefficient (Wildman–Crippen LogP) is -2.90. The molecule has 1 aliphatic rings. The Bertz CT molecular complexity index is 980. The van der Waals surface area contributed by atoms with Crippen LogP contribution >= 0.6 is 0 Å². The fourth-order valence-electron chi connectivity index (χ4n) is 2.83. The second kappa shape index (κ2) is 6.34. The van der Waals surface area contributed by atoms with E-state index in [0.717, 1.165) is 9.13 Å². The van der Waals surface area contributed by atoms with Gasteiger partial charge in [0.15, 0.2) is 17.4 Å². The molecule has 6 N–H and O–H groups in total. The summed E-state index contributed by atoms with van der Waals surface area (Å²) in [5, 5.41) is 29.3. The third kappa shape index (κ3) is 2.61. The third-order valence-electron chi connectivity index (χ3n) is 4.02. The van der Waals surface area contributed by atoms with Gasteiger partial charge in [0.25, 0.3) is 5.56 Å². The first-order valence-corrected chi connectivity index (χ1v) is 7.43. The number of anilines is 1. The molecule has 4 unspecified atom stereocenters. The first-order valence-electron chi connectivity index (χ1n) is 7.43. The minimum Gasteiger partial charge on any atom is -0.394 e. The molecule has 0 bridgehead atoms. The Balaban J connectivity index is 2.28. The number of aliphatic hydroxyl groups is 3. The number of aromatic nitrogens is 4. The van der Waals surface area contributed by atoms with E-state index in [1.165, 1.54) is 0 Å². The van der Waals surface area contributed by atoms with E-state index in [1.807, 2.05) is 0 Å². The molecule has 0 amide bonds. The SMILES string of the molecule is CC#CCn1c(=O)n(C2OC(CO)C(O)C2O)c2nc(N)[nH]c(=O)c21. The van der Waals surface area contributed by atoms with Gasteiger partial charge in [-0.05, 0) is 6.92 Å².